The van der Waals surface area contributed by atoms with Crippen LogP contribution in [-0.2, 0) is 11.8 Å². The summed E-state index contributed by atoms with van der Waals surface area (Å²) < 4.78 is 5.26. The van der Waals surface area contributed by atoms with Gasteiger partial charge < -0.3 is 4.57 Å². The quantitative estimate of drug-likeness (QED) is 0.175. The maximum absolute atomic E-state index is 4.51. The highest BCUT2D eigenvalue weighted by atomic mass is 32.1. The average Bonchev–Trinajstić information content (AvgIpc) is 3.73. The first-order valence-electron chi connectivity index (χ1n) is 16.1. The molecule has 6 aromatic carbocycles. The van der Waals surface area contributed by atoms with E-state index in [4.69, 9.17) is 0 Å². The van der Waals surface area contributed by atoms with Crippen molar-refractivity contribution in [3.05, 3.63) is 151 Å². The van der Waals surface area contributed by atoms with E-state index in [-0.39, 0.29) is 5.41 Å². The molecule has 8 aromatic rings. The first kappa shape index (κ1) is 26.1. The lowest BCUT2D eigenvalue weighted by molar-refractivity contribution is 0.636. The van der Waals surface area contributed by atoms with Crippen LogP contribution < -0.4 is 0 Å². The highest BCUT2D eigenvalue weighted by molar-refractivity contribution is 7.26. The van der Waals surface area contributed by atoms with E-state index in [9.17, 15) is 0 Å². The van der Waals surface area contributed by atoms with Gasteiger partial charge in [0.15, 0.2) is 0 Å². The summed E-state index contributed by atoms with van der Waals surface area (Å²) in [7, 11) is 0. The van der Waals surface area contributed by atoms with Crippen molar-refractivity contribution in [2.75, 3.05) is 0 Å². The van der Waals surface area contributed by atoms with Gasteiger partial charge in [0, 0.05) is 47.3 Å². The van der Waals surface area contributed by atoms with E-state index in [2.05, 4.69) is 152 Å². The molecule has 0 radical (unpaired) electrons. The number of aromatic nitrogens is 1. The summed E-state index contributed by atoms with van der Waals surface area (Å²) in [4.78, 5) is 0. The molecule has 0 saturated carbocycles. The summed E-state index contributed by atoms with van der Waals surface area (Å²) in [6.45, 7) is 9.13. The molecule has 10 rings (SSSR count). The number of hydrogen-bond acceptors (Lipinski definition) is 1. The summed E-state index contributed by atoms with van der Waals surface area (Å²) >= 11 is 1.92. The maximum atomic E-state index is 4.51. The van der Waals surface area contributed by atoms with Crippen LogP contribution in [0.3, 0.4) is 0 Å². The Morgan fingerprint density at radius 1 is 0.674 bits per heavy atom. The van der Waals surface area contributed by atoms with E-state index in [1.165, 1.54) is 91.8 Å². The zero-order chi connectivity index (χ0) is 30.7. The van der Waals surface area contributed by atoms with Crippen LogP contribution in [0.5, 0.6) is 0 Å². The Kier molecular flexibility index (Phi) is 5.21. The van der Waals surface area contributed by atoms with Crippen LogP contribution in [0.25, 0.3) is 80.7 Å². The van der Waals surface area contributed by atoms with Gasteiger partial charge in [0.05, 0.1) is 16.7 Å². The zero-order valence-electron chi connectivity index (χ0n) is 25.9. The molecule has 0 amide bonds. The fourth-order valence-corrected chi connectivity index (χ4v) is 9.46. The monoisotopic (exact) mass is 605 g/mol. The molecule has 0 saturated heterocycles. The SMILES string of the molecule is C=C1/C=C\C=C/Cc2cc3c4ccccc4n(-c4ccc5c6c(cccc46)-c4ccc6c(sc7ccccc76)c4-5)c3cc2C1(C)C. The standard InChI is InChI=1S/C44H31NS/c1-26-12-5-4-6-13-27-24-35-28-14-7-9-18-37(28)45(39(35)25-36(27)44(26,2)3)38-23-22-34-41-30(16-11-17-33(38)41)31-20-21-32-29-15-8-10-19-40(29)46-43(32)42(31)34/h4-12,14-25H,1,13H2,2-3H3/b6-4-,12-5-. The molecule has 2 aromatic heterocycles. The number of allylic oxidation sites excluding steroid dienone is 5. The smallest absolute Gasteiger partial charge is 0.0544 e. The molecule has 0 fully saturated rings. The minimum absolute atomic E-state index is 0.202. The molecule has 46 heavy (non-hydrogen) atoms. The fourth-order valence-electron chi connectivity index (χ4n) is 8.20. The molecular weight excluding hydrogens is 575 g/mol. The summed E-state index contributed by atoms with van der Waals surface area (Å²) in [5, 5.41) is 7.95. The third-order valence-electron chi connectivity index (χ3n) is 10.6. The van der Waals surface area contributed by atoms with Crippen LogP contribution in [0.4, 0.5) is 0 Å². The molecule has 218 valence electrons. The second-order valence-electron chi connectivity index (χ2n) is 13.3. The Morgan fingerprint density at radius 3 is 2.39 bits per heavy atom. The molecule has 0 unspecified atom stereocenters. The number of benzene rings is 6. The first-order valence-corrected chi connectivity index (χ1v) is 16.9. The van der Waals surface area contributed by atoms with E-state index in [1.54, 1.807) is 0 Å². The van der Waals surface area contributed by atoms with Crippen LogP contribution in [0.15, 0.2) is 140 Å². The molecule has 2 aliphatic carbocycles. The van der Waals surface area contributed by atoms with E-state index >= 15 is 0 Å². The van der Waals surface area contributed by atoms with Gasteiger partial charge in [0.1, 0.15) is 0 Å². The van der Waals surface area contributed by atoms with Gasteiger partial charge in [-0.2, -0.15) is 0 Å². The second kappa shape index (κ2) is 9.19. The predicted molar refractivity (Wildman–Crippen MR) is 200 cm³/mol. The topological polar surface area (TPSA) is 4.93 Å². The molecule has 2 heterocycles. The Balaban J connectivity index is 1.29. The number of para-hydroxylation sites is 1. The lowest BCUT2D eigenvalue weighted by Gasteiger charge is -2.29. The van der Waals surface area contributed by atoms with Gasteiger partial charge >= 0.3 is 0 Å². The molecule has 1 nitrogen and oxygen atoms in total. The third kappa shape index (κ3) is 3.35. The van der Waals surface area contributed by atoms with Gasteiger partial charge in [-0.15, -0.1) is 11.3 Å². The second-order valence-corrected chi connectivity index (χ2v) is 14.4. The molecule has 2 heteroatoms. The van der Waals surface area contributed by atoms with Crippen LogP contribution >= 0.6 is 11.3 Å². The van der Waals surface area contributed by atoms with Crippen molar-refractivity contribution in [1.29, 1.82) is 0 Å². The van der Waals surface area contributed by atoms with Crippen LogP contribution in [0.1, 0.15) is 25.0 Å². The number of fused-ring (bicyclic) bond motifs is 11. The average molecular weight is 606 g/mol. The van der Waals surface area contributed by atoms with E-state index in [1.807, 2.05) is 11.3 Å². The first-order chi connectivity index (χ1) is 22.5. The lowest BCUT2D eigenvalue weighted by Crippen LogP contribution is -2.21. The molecule has 2 aliphatic rings. The van der Waals surface area contributed by atoms with Crippen molar-refractivity contribution in [1.82, 2.24) is 4.57 Å². The van der Waals surface area contributed by atoms with Crippen molar-refractivity contribution in [3.8, 4) is 27.9 Å². The van der Waals surface area contributed by atoms with E-state index in [0.717, 1.165) is 12.0 Å². The van der Waals surface area contributed by atoms with Gasteiger partial charge in [-0.3, -0.25) is 0 Å². The zero-order valence-corrected chi connectivity index (χ0v) is 26.7. The Labute approximate surface area is 272 Å². The Bertz CT molecular complexity index is 2710. The molecular formula is C44H31NS. The third-order valence-corrected chi connectivity index (χ3v) is 11.8. The van der Waals surface area contributed by atoms with Crippen LogP contribution in [-0.4, -0.2) is 4.57 Å². The number of nitrogens with zero attached hydrogens (tertiary/aromatic N) is 1. The van der Waals surface area contributed by atoms with Crippen molar-refractivity contribution in [3.63, 3.8) is 0 Å². The van der Waals surface area contributed by atoms with Crippen molar-refractivity contribution < 1.29 is 0 Å². The molecule has 0 atom stereocenters. The minimum Gasteiger partial charge on any atom is -0.309 e. The summed E-state index contributed by atoms with van der Waals surface area (Å²) in [5.74, 6) is 0. The normalized spacial score (nSPS) is 16.5. The van der Waals surface area contributed by atoms with Crippen LogP contribution in [0, 0.1) is 0 Å². The Morgan fingerprint density at radius 2 is 1.48 bits per heavy atom. The van der Waals surface area contributed by atoms with Gasteiger partial charge in [-0.25, -0.2) is 0 Å². The van der Waals surface area contributed by atoms with Crippen molar-refractivity contribution >= 4 is 64.1 Å². The van der Waals surface area contributed by atoms with Crippen molar-refractivity contribution in [2.24, 2.45) is 0 Å². The van der Waals surface area contributed by atoms with Crippen molar-refractivity contribution in [2.45, 2.75) is 25.7 Å². The van der Waals surface area contributed by atoms with E-state index < -0.39 is 0 Å². The van der Waals surface area contributed by atoms with Gasteiger partial charge in [-0.05, 0) is 75.5 Å². The maximum Gasteiger partial charge on any atom is 0.0544 e. The van der Waals surface area contributed by atoms with Gasteiger partial charge in [0.2, 0.25) is 0 Å². The van der Waals surface area contributed by atoms with Crippen LogP contribution in [0.2, 0.25) is 0 Å². The van der Waals surface area contributed by atoms with E-state index in [0.29, 0.717) is 0 Å². The highest BCUT2D eigenvalue weighted by Crippen LogP contribution is 2.54. The largest absolute Gasteiger partial charge is 0.309 e. The van der Waals surface area contributed by atoms with Gasteiger partial charge in [-0.1, -0.05) is 118 Å². The predicted octanol–water partition coefficient (Wildman–Crippen LogP) is 12.5. The fraction of sp³-hybridized carbons (Fsp3) is 0.0909. The lowest BCUT2D eigenvalue weighted by atomic mass is 9.75. The molecule has 0 bridgehead atoms. The summed E-state index contributed by atoms with van der Waals surface area (Å²) in [5.41, 5.74) is 12.8. The summed E-state index contributed by atoms with van der Waals surface area (Å²) in [6.07, 6.45) is 9.62. The molecule has 0 N–H and O–H groups in total. The molecule has 0 spiro atoms. The highest BCUT2D eigenvalue weighted by Gasteiger charge is 2.29. The summed E-state index contributed by atoms with van der Waals surface area (Å²) in [6, 6.07) is 39.0. The minimum atomic E-state index is -0.202. The Hall–Kier alpha value is -5.18. The van der Waals surface area contributed by atoms with Gasteiger partial charge in [0.25, 0.3) is 0 Å². The number of rotatable bonds is 1. The number of hydrogen-bond donors (Lipinski definition) is 0. The molecule has 0 aliphatic heterocycles. The number of thiophene rings is 1.